The standard InChI is InChI=1S/C14H23N3O4/c1-5-14(12(18)19,13(20)21-6-2)7-11-15-9-16-17(11)8-10(3)4/h9-10H,5-8H2,1-4H3,(H,18,19). The average Bonchev–Trinajstić information content (AvgIpc) is 2.82. The smallest absolute Gasteiger partial charge is 0.323 e. The Morgan fingerprint density at radius 2 is 2.10 bits per heavy atom. The van der Waals surface area contributed by atoms with E-state index in [1.807, 2.05) is 13.8 Å². The molecular weight excluding hydrogens is 274 g/mol. The Labute approximate surface area is 124 Å². The Morgan fingerprint density at radius 1 is 1.43 bits per heavy atom. The number of aromatic nitrogens is 3. The van der Waals surface area contributed by atoms with Gasteiger partial charge in [-0.05, 0) is 19.3 Å². The summed E-state index contributed by atoms with van der Waals surface area (Å²) in [6, 6.07) is 0. The van der Waals surface area contributed by atoms with Gasteiger partial charge in [0.2, 0.25) is 0 Å². The zero-order chi connectivity index (χ0) is 16.0. The maximum Gasteiger partial charge on any atom is 0.323 e. The first-order chi connectivity index (χ1) is 9.87. The number of hydrogen-bond donors (Lipinski definition) is 1. The van der Waals surface area contributed by atoms with E-state index in [4.69, 9.17) is 4.74 Å². The van der Waals surface area contributed by atoms with Crippen molar-refractivity contribution < 1.29 is 19.4 Å². The quantitative estimate of drug-likeness (QED) is 0.577. The van der Waals surface area contributed by atoms with Gasteiger partial charge in [-0.15, -0.1) is 0 Å². The Kier molecular flexibility index (Phi) is 5.87. The molecule has 0 fully saturated rings. The highest BCUT2D eigenvalue weighted by Gasteiger charge is 2.47. The first-order valence-corrected chi connectivity index (χ1v) is 7.14. The number of carbonyl (C=O) groups is 2. The lowest BCUT2D eigenvalue weighted by Gasteiger charge is -2.25. The van der Waals surface area contributed by atoms with Gasteiger partial charge in [-0.3, -0.25) is 9.59 Å². The second-order valence-corrected chi connectivity index (χ2v) is 5.39. The Morgan fingerprint density at radius 3 is 2.57 bits per heavy atom. The van der Waals surface area contributed by atoms with Crippen LogP contribution in [0.25, 0.3) is 0 Å². The van der Waals surface area contributed by atoms with E-state index in [1.165, 1.54) is 6.33 Å². The molecule has 1 atom stereocenters. The van der Waals surface area contributed by atoms with Crippen LogP contribution in [-0.2, 0) is 27.3 Å². The van der Waals surface area contributed by atoms with Crippen LogP contribution >= 0.6 is 0 Å². The topological polar surface area (TPSA) is 94.3 Å². The van der Waals surface area contributed by atoms with Crippen LogP contribution in [0.3, 0.4) is 0 Å². The van der Waals surface area contributed by atoms with Gasteiger partial charge in [0.25, 0.3) is 0 Å². The minimum Gasteiger partial charge on any atom is -0.480 e. The molecule has 0 saturated heterocycles. The fourth-order valence-corrected chi connectivity index (χ4v) is 2.12. The SMILES string of the molecule is CCOC(=O)C(CC)(Cc1ncnn1CC(C)C)C(=O)O. The molecule has 0 aliphatic rings. The number of carboxylic acids is 1. The zero-order valence-corrected chi connectivity index (χ0v) is 13.0. The summed E-state index contributed by atoms with van der Waals surface area (Å²) in [7, 11) is 0. The van der Waals surface area contributed by atoms with Crippen molar-refractivity contribution >= 4 is 11.9 Å². The van der Waals surface area contributed by atoms with E-state index in [2.05, 4.69) is 10.1 Å². The van der Waals surface area contributed by atoms with Crippen molar-refractivity contribution in [1.82, 2.24) is 14.8 Å². The number of rotatable bonds is 8. The summed E-state index contributed by atoms with van der Waals surface area (Å²) >= 11 is 0. The maximum atomic E-state index is 12.1. The first kappa shape index (κ1) is 17.1. The molecule has 1 unspecified atom stereocenters. The number of ether oxygens (including phenoxy) is 1. The van der Waals surface area contributed by atoms with Crippen LogP contribution < -0.4 is 0 Å². The fourth-order valence-electron chi connectivity index (χ4n) is 2.12. The summed E-state index contributed by atoms with van der Waals surface area (Å²) in [5.74, 6) is -1.09. The predicted molar refractivity (Wildman–Crippen MR) is 75.6 cm³/mol. The molecule has 7 nitrogen and oxygen atoms in total. The number of carboxylic acid groups (broad SMARTS) is 1. The van der Waals surface area contributed by atoms with E-state index in [-0.39, 0.29) is 19.4 Å². The highest BCUT2D eigenvalue weighted by Crippen LogP contribution is 2.29. The monoisotopic (exact) mass is 297 g/mol. The molecule has 1 aromatic rings. The Balaban J connectivity index is 3.10. The summed E-state index contributed by atoms with van der Waals surface area (Å²) in [5, 5.41) is 13.6. The molecule has 7 heteroatoms. The third kappa shape index (κ3) is 3.80. The molecule has 118 valence electrons. The van der Waals surface area contributed by atoms with Crippen LogP contribution in [0.2, 0.25) is 0 Å². The van der Waals surface area contributed by atoms with Gasteiger partial charge in [0.1, 0.15) is 12.2 Å². The van der Waals surface area contributed by atoms with Gasteiger partial charge in [-0.2, -0.15) is 5.10 Å². The van der Waals surface area contributed by atoms with E-state index < -0.39 is 17.4 Å². The number of esters is 1. The fraction of sp³-hybridized carbons (Fsp3) is 0.714. The van der Waals surface area contributed by atoms with Crippen LogP contribution in [0.1, 0.15) is 39.9 Å². The minimum absolute atomic E-state index is 0.0234. The molecule has 0 radical (unpaired) electrons. The maximum absolute atomic E-state index is 12.1. The highest BCUT2D eigenvalue weighted by atomic mass is 16.5. The van der Waals surface area contributed by atoms with Crippen molar-refractivity contribution in [3.63, 3.8) is 0 Å². The lowest BCUT2D eigenvalue weighted by molar-refractivity contribution is -0.169. The van der Waals surface area contributed by atoms with Gasteiger partial charge in [-0.1, -0.05) is 20.8 Å². The second kappa shape index (κ2) is 7.19. The van der Waals surface area contributed by atoms with Crippen LogP contribution in [-0.4, -0.2) is 38.4 Å². The molecule has 1 rings (SSSR count). The van der Waals surface area contributed by atoms with E-state index in [0.29, 0.717) is 18.3 Å². The summed E-state index contributed by atoms with van der Waals surface area (Å²) < 4.78 is 6.60. The minimum atomic E-state index is -1.61. The molecule has 0 aliphatic heterocycles. The number of hydrogen-bond acceptors (Lipinski definition) is 5. The average molecular weight is 297 g/mol. The van der Waals surface area contributed by atoms with Crippen molar-refractivity contribution in [3.05, 3.63) is 12.2 Å². The van der Waals surface area contributed by atoms with Crippen molar-refractivity contribution in [1.29, 1.82) is 0 Å². The van der Waals surface area contributed by atoms with Crippen molar-refractivity contribution in [2.75, 3.05) is 6.61 Å². The molecule has 0 spiro atoms. The van der Waals surface area contributed by atoms with Crippen LogP contribution in [0, 0.1) is 11.3 Å². The van der Waals surface area contributed by atoms with Crippen molar-refractivity contribution in [2.24, 2.45) is 11.3 Å². The predicted octanol–water partition coefficient (Wildman–Crippen LogP) is 1.52. The molecule has 1 N–H and O–H groups in total. The summed E-state index contributed by atoms with van der Waals surface area (Å²) in [6.45, 7) is 8.14. The molecule has 1 aromatic heterocycles. The number of carbonyl (C=O) groups excluding carboxylic acids is 1. The second-order valence-electron chi connectivity index (χ2n) is 5.39. The molecule has 0 saturated carbocycles. The Hall–Kier alpha value is -1.92. The van der Waals surface area contributed by atoms with E-state index >= 15 is 0 Å². The van der Waals surface area contributed by atoms with Crippen molar-refractivity contribution in [2.45, 2.75) is 47.1 Å². The van der Waals surface area contributed by atoms with E-state index in [0.717, 1.165) is 0 Å². The molecule has 0 aliphatic carbocycles. The van der Waals surface area contributed by atoms with Crippen LogP contribution in [0.5, 0.6) is 0 Å². The van der Waals surface area contributed by atoms with E-state index in [1.54, 1.807) is 18.5 Å². The van der Waals surface area contributed by atoms with Gasteiger partial charge < -0.3 is 9.84 Å². The summed E-state index contributed by atoms with van der Waals surface area (Å²) in [6.07, 6.45) is 1.49. The lowest BCUT2D eigenvalue weighted by atomic mass is 9.81. The molecule has 1 heterocycles. The lowest BCUT2D eigenvalue weighted by Crippen LogP contribution is -2.43. The largest absolute Gasteiger partial charge is 0.480 e. The van der Waals surface area contributed by atoms with Gasteiger partial charge in [0.15, 0.2) is 5.41 Å². The van der Waals surface area contributed by atoms with Gasteiger partial charge in [-0.25, -0.2) is 9.67 Å². The molecular formula is C14H23N3O4. The molecule has 21 heavy (non-hydrogen) atoms. The van der Waals surface area contributed by atoms with Gasteiger partial charge in [0.05, 0.1) is 6.61 Å². The highest BCUT2D eigenvalue weighted by molar-refractivity contribution is 5.99. The molecule has 0 aromatic carbocycles. The third-order valence-electron chi connectivity index (χ3n) is 3.37. The molecule has 0 bridgehead atoms. The number of aliphatic carboxylic acids is 1. The number of nitrogens with zero attached hydrogens (tertiary/aromatic N) is 3. The normalized spacial score (nSPS) is 14.0. The van der Waals surface area contributed by atoms with Crippen LogP contribution in [0.4, 0.5) is 0 Å². The summed E-state index contributed by atoms with van der Waals surface area (Å²) in [5.41, 5.74) is -1.61. The van der Waals surface area contributed by atoms with E-state index in [9.17, 15) is 14.7 Å². The zero-order valence-electron chi connectivity index (χ0n) is 13.0. The van der Waals surface area contributed by atoms with Gasteiger partial charge >= 0.3 is 11.9 Å². The molecule has 0 amide bonds. The third-order valence-corrected chi connectivity index (χ3v) is 3.37. The van der Waals surface area contributed by atoms with Crippen LogP contribution in [0.15, 0.2) is 6.33 Å². The van der Waals surface area contributed by atoms with Gasteiger partial charge in [0, 0.05) is 13.0 Å². The summed E-state index contributed by atoms with van der Waals surface area (Å²) in [4.78, 5) is 27.9. The first-order valence-electron chi connectivity index (χ1n) is 7.14. The Bertz CT molecular complexity index is 498. The van der Waals surface area contributed by atoms with Crippen molar-refractivity contribution in [3.8, 4) is 0 Å².